The van der Waals surface area contributed by atoms with Crippen molar-refractivity contribution in [2.24, 2.45) is 5.92 Å². The Balaban J connectivity index is 2.22. The summed E-state index contributed by atoms with van der Waals surface area (Å²) in [5.74, 6) is -2.43. The van der Waals surface area contributed by atoms with E-state index in [4.69, 9.17) is 0 Å². The number of alkyl halides is 2. The molecule has 1 aromatic carbocycles. The van der Waals surface area contributed by atoms with E-state index in [9.17, 15) is 8.78 Å². The van der Waals surface area contributed by atoms with Crippen molar-refractivity contribution in [3.63, 3.8) is 0 Å². The molecule has 1 saturated carbocycles. The molecule has 0 heterocycles. The Kier molecular flexibility index (Phi) is 4.00. The van der Waals surface area contributed by atoms with Gasteiger partial charge in [-0.15, -0.1) is 0 Å². The Morgan fingerprint density at radius 3 is 2.67 bits per heavy atom. The molecule has 1 aliphatic carbocycles. The lowest BCUT2D eigenvalue weighted by Crippen LogP contribution is -2.28. The van der Waals surface area contributed by atoms with Crippen LogP contribution in [0.1, 0.15) is 43.4 Å². The van der Waals surface area contributed by atoms with E-state index in [-0.39, 0.29) is 24.8 Å². The summed E-state index contributed by atoms with van der Waals surface area (Å²) >= 11 is 0. The van der Waals surface area contributed by atoms with Crippen LogP contribution in [-0.4, -0.2) is 12.5 Å². The lowest BCUT2D eigenvalue weighted by molar-refractivity contribution is 0.00327. The summed E-state index contributed by atoms with van der Waals surface area (Å²) in [5.41, 5.74) is 2.35. The molecule has 0 aromatic heterocycles. The molecule has 0 amide bonds. The first-order valence-corrected chi connectivity index (χ1v) is 6.70. The van der Waals surface area contributed by atoms with E-state index in [1.54, 1.807) is 0 Å². The number of benzene rings is 1. The Bertz CT molecular complexity index is 403. The second-order valence-electron chi connectivity index (χ2n) is 5.25. The van der Waals surface area contributed by atoms with Gasteiger partial charge in [-0.3, -0.25) is 0 Å². The summed E-state index contributed by atoms with van der Waals surface area (Å²) in [7, 11) is 0. The molecular weight excluding hydrogens is 232 g/mol. The third-order valence-corrected chi connectivity index (χ3v) is 3.86. The fourth-order valence-electron chi connectivity index (χ4n) is 2.96. The highest BCUT2D eigenvalue weighted by Crippen LogP contribution is 2.44. The maximum atomic E-state index is 13.4. The van der Waals surface area contributed by atoms with Crippen LogP contribution >= 0.6 is 0 Å². The predicted molar refractivity (Wildman–Crippen MR) is 69.9 cm³/mol. The van der Waals surface area contributed by atoms with Crippen molar-refractivity contribution in [1.82, 2.24) is 5.32 Å². The molecule has 100 valence electrons. The molecule has 2 rings (SSSR count). The molecular formula is C15H21F2N. The van der Waals surface area contributed by atoms with Gasteiger partial charge in [0.2, 0.25) is 5.92 Å². The molecule has 0 radical (unpaired) electrons. The Labute approximate surface area is 108 Å². The Morgan fingerprint density at radius 1 is 1.39 bits per heavy atom. The van der Waals surface area contributed by atoms with Gasteiger partial charge in [-0.2, -0.15) is 0 Å². The second kappa shape index (κ2) is 5.35. The molecule has 18 heavy (non-hydrogen) atoms. The molecule has 2 unspecified atom stereocenters. The third kappa shape index (κ3) is 2.89. The number of halogens is 2. The molecule has 1 fully saturated rings. The largest absolute Gasteiger partial charge is 0.310 e. The highest BCUT2D eigenvalue weighted by Gasteiger charge is 2.42. The first-order valence-electron chi connectivity index (χ1n) is 6.70. The zero-order valence-electron chi connectivity index (χ0n) is 11.0. The number of nitrogens with one attached hydrogen (secondary N) is 1. The van der Waals surface area contributed by atoms with Crippen LogP contribution in [0.25, 0.3) is 0 Å². The maximum Gasteiger partial charge on any atom is 0.248 e. The van der Waals surface area contributed by atoms with Gasteiger partial charge in [0.15, 0.2) is 0 Å². The molecule has 1 N–H and O–H groups in total. The zero-order valence-corrected chi connectivity index (χ0v) is 11.0. The number of aryl methyl sites for hydroxylation is 1. The van der Waals surface area contributed by atoms with E-state index < -0.39 is 5.92 Å². The van der Waals surface area contributed by atoms with Crippen LogP contribution in [0, 0.1) is 12.8 Å². The lowest BCUT2D eigenvalue weighted by Gasteiger charge is -2.26. The maximum absolute atomic E-state index is 13.4. The van der Waals surface area contributed by atoms with Gasteiger partial charge in [0.25, 0.3) is 0 Å². The number of rotatable bonds is 4. The summed E-state index contributed by atoms with van der Waals surface area (Å²) in [6, 6.07) is 8.14. The highest BCUT2D eigenvalue weighted by molar-refractivity contribution is 5.29. The minimum Gasteiger partial charge on any atom is -0.310 e. The molecule has 1 aliphatic rings. The molecule has 0 aliphatic heterocycles. The molecule has 1 aromatic rings. The zero-order chi connectivity index (χ0) is 13.2. The topological polar surface area (TPSA) is 12.0 Å². The van der Waals surface area contributed by atoms with Crippen molar-refractivity contribution < 1.29 is 8.78 Å². The fourth-order valence-corrected chi connectivity index (χ4v) is 2.96. The van der Waals surface area contributed by atoms with Gasteiger partial charge < -0.3 is 5.32 Å². The number of hydrogen-bond acceptors (Lipinski definition) is 1. The first-order chi connectivity index (χ1) is 8.53. The van der Waals surface area contributed by atoms with Gasteiger partial charge >= 0.3 is 0 Å². The highest BCUT2D eigenvalue weighted by atomic mass is 19.3. The fraction of sp³-hybridized carbons (Fsp3) is 0.600. The van der Waals surface area contributed by atoms with Gasteiger partial charge in [-0.05, 0) is 36.9 Å². The summed E-state index contributed by atoms with van der Waals surface area (Å²) in [5, 5.41) is 3.39. The van der Waals surface area contributed by atoms with Crippen molar-refractivity contribution in [2.45, 2.75) is 45.1 Å². The van der Waals surface area contributed by atoms with Crippen molar-refractivity contribution >= 4 is 0 Å². The van der Waals surface area contributed by atoms with E-state index in [1.807, 2.05) is 32.0 Å². The minimum absolute atomic E-state index is 0.0129. The van der Waals surface area contributed by atoms with Crippen LogP contribution in [0.4, 0.5) is 8.78 Å². The monoisotopic (exact) mass is 253 g/mol. The van der Waals surface area contributed by atoms with E-state index >= 15 is 0 Å². The van der Waals surface area contributed by atoms with Crippen LogP contribution in [0.5, 0.6) is 0 Å². The smallest absolute Gasteiger partial charge is 0.248 e. The number of hydrogen-bond donors (Lipinski definition) is 1. The van der Waals surface area contributed by atoms with Crippen molar-refractivity contribution in [3.8, 4) is 0 Å². The van der Waals surface area contributed by atoms with E-state index in [0.717, 1.165) is 6.54 Å². The molecule has 0 bridgehead atoms. The van der Waals surface area contributed by atoms with Gasteiger partial charge in [-0.1, -0.05) is 31.2 Å². The Morgan fingerprint density at radius 2 is 2.11 bits per heavy atom. The SMILES string of the molecule is CCNC(c1ccccc1C)C1CCC(F)(F)C1. The van der Waals surface area contributed by atoms with Crippen LogP contribution in [0.2, 0.25) is 0 Å². The van der Waals surface area contributed by atoms with Gasteiger partial charge in [0, 0.05) is 18.9 Å². The molecule has 0 saturated heterocycles. The average molecular weight is 253 g/mol. The van der Waals surface area contributed by atoms with E-state index in [0.29, 0.717) is 6.42 Å². The lowest BCUT2D eigenvalue weighted by atomic mass is 9.89. The molecule has 3 heteroatoms. The summed E-state index contributed by atoms with van der Waals surface area (Å²) < 4.78 is 26.8. The quantitative estimate of drug-likeness (QED) is 0.852. The summed E-state index contributed by atoms with van der Waals surface area (Å²) in [4.78, 5) is 0. The van der Waals surface area contributed by atoms with Crippen LogP contribution in [0.3, 0.4) is 0 Å². The normalized spacial score (nSPS) is 24.1. The van der Waals surface area contributed by atoms with Gasteiger partial charge in [0.05, 0.1) is 0 Å². The predicted octanol–water partition coefficient (Wildman–Crippen LogP) is 4.08. The van der Waals surface area contributed by atoms with Crippen LogP contribution in [0.15, 0.2) is 24.3 Å². The third-order valence-electron chi connectivity index (χ3n) is 3.86. The molecule has 1 nitrogen and oxygen atoms in total. The van der Waals surface area contributed by atoms with Crippen molar-refractivity contribution in [2.75, 3.05) is 6.54 Å². The van der Waals surface area contributed by atoms with Crippen LogP contribution < -0.4 is 5.32 Å². The molecule has 2 atom stereocenters. The first kappa shape index (κ1) is 13.5. The second-order valence-corrected chi connectivity index (χ2v) is 5.25. The van der Waals surface area contributed by atoms with Gasteiger partial charge in [-0.25, -0.2) is 8.78 Å². The van der Waals surface area contributed by atoms with E-state index in [1.165, 1.54) is 11.1 Å². The van der Waals surface area contributed by atoms with Gasteiger partial charge in [0.1, 0.15) is 0 Å². The molecule has 0 spiro atoms. The van der Waals surface area contributed by atoms with Crippen molar-refractivity contribution in [1.29, 1.82) is 0 Å². The standard InChI is InChI=1S/C15H21F2N/c1-3-18-14(12-8-9-15(16,17)10-12)13-7-5-4-6-11(13)2/h4-7,12,14,18H,3,8-10H2,1-2H3. The van der Waals surface area contributed by atoms with Crippen LogP contribution in [-0.2, 0) is 0 Å². The van der Waals surface area contributed by atoms with Crippen molar-refractivity contribution in [3.05, 3.63) is 35.4 Å². The average Bonchev–Trinajstić information content (AvgIpc) is 2.68. The summed E-state index contributed by atoms with van der Waals surface area (Å²) in [6.07, 6.45) is 0.656. The Hall–Kier alpha value is -0.960. The van der Waals surface area contributed by atoms with E-state index in [2.05, 4.69) is 11.4 Å². The minimum atomic E-state index is -2.47. The summed E-state index contributed by atoms with van der Waals surface area (Å²) in [6.45, 7) is 4.88.